The van der Waals surface area contributed by atoms with Gasteiger partial charge in [-0.15, -0.1) is 0 Å². The maximum absolute atomic E-state index is 13.1. The lowest BCUT2D eigenvalue weighted by atomic mass is 10.1. The number of phenolic OH excluding ortho intramolecular Hbond substituents is 2. The molecule has 0 saturated heterocycles. The van der Waals surface area contributed by atoms with E-state index in [9.17, 15) is 18.6 Å². The second-order valence-corrected chi connectivity index (χ2v) is 9.18. The summed E-state index contributed by atoms with van der Waals surface area (Å²) in [6.07, 6.45) is 2.95. The van der Waals surface area contributed by atoms with E-state index >= 15 is 0 Å². The summed E-state index contributed by atoms with van der Waals surface area (Å²) in [6, 6.07) is 14.1. The van der Waals surface area contributed by atoms with E-state index in [0.29, 0.717) is 22.2 Å². The molecule has 4 aromatic rings. The van der Waals surface area contributed by atoms with Crippen molar-refractivity contribution in [2.75, 3.05) is 7.05 Å². The van der Waals surface area contributed by atoms with Gasteiger partial charge < -0.3 is 14.6 Å². The van der Waals surface area contributed by atoms with E-state index in [1.165, 1.54) is 30.3 Å². The van der Waals surface area contributed by atoms with Crippen LogP contribution in [0.4, 0.5) is 0 Å². The molecule has 0 aliphatic rings. The predicted molar refractivity (Wildman–Crippen MR) is 115 cm³/mol. The van der Waals surface area contributed by atoms with Crippen LogP contribution in [0.5, 0.6) is 11.5 Å². The first kappa shape index (κ1) is 21.0. The van der Waals surface area contributed by atoms with Gasteiger partial charge in [0.1, 0.15) is 22.2 Å². The molecule has 0 aliphatic heterocycles. The molecular formula is C21H18ClN3O5S. The monoisotopic (exact) mass is 459 g/mol. The number of benzene rings is 2. The van der Waals surface area contributed by atoms with Crippen LogP contribution >= 0.6 is 11.6 Å². The molecule has 0 amide bonds. The minimum absolute atomic E-state index is 0.0253. The first-order chi connectivity index (χ1) is 14.8. The fourth-order valence-corrected chi connectivity index (χ4v) is 4.61. The average molecular weight is 460 g/mol. The molecule has 0 bridgehead atoms. The fourth-order valence-electron chi connectivity index (χ4n) is 3.17. The lowest BCUT2D eigenvalue weighted by molar-refractivity contribution is 0.400. The molecule has 0 radical (unpaired) electrons. The van der Waals surface area contributed by atoms with Crippen LogP contribution in [0.1, 0.15) is 5.76 Å². The molecular weight excluding hydrogens is 442 g/mol. The van der Waals surface area contributed by atoms with Crippen LogP contribution in [-0.2, 0) is 16.6 Å². The summed E-state index contributed by atoms with van der Waals surface area (Å²) < 4.78 is 34.0. The molecule has 160 valence electrons. The number of sulfonamides is 1. The van der Waals surface area contributed by atoms with Gasteiger partial charge in [-0.1, -0.05) is 23.7 Å². The van der Waals surface area contributed by atoms with Gasteiger partial charge in [0, 0.05) is 18.7 Å². The normalized spacial score (nSPS) is 11.8. The molecule has 2 N–H and O–H groups in total. The van der Waals surface area contributed by atoms with Crippen LogP contribution in [0.2, 0.25) is 5.02 Å². The first-order valence-corrected chi connectivity index (χ1v) is 10.9. The highest BCUT2D eigenvalue weighted by atomic mass is 35.5. The zero-order valence-electron chi connectivity index (χ0n) is 16.3. The molecule has 8 nitrogen and oxygen atoms in total. The van der Waals surface area contributed by atoms with Gasteiger partial charge in [-0.25, -0.2) is 13.1 Å². The molecule has 0 unspecified atom stereocenters. The Morgan fingerprint density at radius 3 is 2.58 bits per heavy atom. The quantitative estimate of drug-likeness (QED) is 0.450. The summed E-state index contributed by atoms with van der Waals surface area (Å²) >= 11 is 6.28. The van der Waals surface area contributed by atoms with E-state index in [4.69, 9.17) is 16.0 Å². The minimum Gasteiger partial charge on any atom is -0.507 e. The van der Waals surface area contributed by atoms with Crippen LogP contribution in [0.25, 0.3) is 16.9 Å². The lowest BCUT2D eigenvalue weighted by Gasteiger charge is -2.18. The Kier molecular flexibility index (Phi) is 5.48. The number of hydrogen-bond donors (Lipinski definition) is 2. The Morgan fingerprint density at radius 2 is 1.87 bits per heavy atom. The van der Waals surface area contributed by atoms with E-state index in [0.717, 1.165) is 10.4 Å². The number of furan rings is 1. The van der Waals surface area contributed by atoms with Crippen molar-refractivity contribution in [1.29, 1.82) is 0 Å². The second-order valence-electron chi connectivity index (χ2n) is 6.76. The minimum atomic E-state index is -4.11. The van der Waals surface area contributed by atoms with Gasteiger partial charge in [0.25, 0.3) is 0 Å². The third-order valence-corrected chi connectivity index (χ3v) is 6.88. The molecule has 0 atom stereocenters. The van der Waals surface area contributed by atoms with E-state index in [1.807, 2.05) is 0 Å². The highest BCUT2D eigenvalue weighted by Crippen LogP contribution is 2.39. The number of hydrogen-bond acceptors (Lipinski definition) is 6. The summed E-state index contributed by atoms with van der Waals surface area (Å²) in [5, 5.41) is 25.5. The number of rotatable bonds is 6. The van der Waals surface area contributed by atoms with Crippen molar-refractivity contribution in [1.82, 2.24) is 14.1 Å². The number of nitrogens with zero attached hydrogens (tertiary/aromatic N) is 3. The van der Waals surface area contributed by atoms with Crippen LogP contribution in [0.3, 0.4) is 0 Å². The smallest absolute Gasteiger partial charge is 0.246 e. The number of para-hydroxylation sites is 1. The molecule has 2 heterocycles. The van der Waals surface area contributed by atoms with Crippen LogP contribution in [-0.4, -0.2) is 39.8 Å². The van der Waals surface area contributed by atoms with Crippen molar-refractivity contribution >= 4 is 21.6 Å². The van der Waals surface area contributed by atoms with E-state index in [1.54, 1.807) is 42.5 Å². The Balaban J connectivity index is 1.80. The van der Waals surface area contributed by atoms with Gasteiger partial charge in [-0.2, -0.15) is 9.40 Å². The van der Waals surface area contributed by atoms with Gasteiger partial charge in [-0.05, 0) is 36.4 Å². The topological polar surface area (TPSA) is 109 Å². The van der Waals surface area contributed by atoms with E-state index < -0.39 is 15.8 Å². The maximum Gasteiger partial charge on any atom is 0.246 e. The van der Waals surface area contributed by atoms with Crippen LogP contribution < -0.4 is 0 Å². The number of phenols is 2. The van der Waals surface area contributed by atoms with E-state index in [-0.39, 0.29) is 22.8 Å². The standard InChI is InChI=1S/C21H18ClN3O5S/c1-24(13-14-5-4-10-30-14)31(28,29)21-11-15(19(26)12-20(21)27)17-8-9-23-25(17)18-7-3-2-6-16(18)22/h2-12,26-27H,13H2,1H3. The Labute approximate surface area is 183 Å². The van der Waals surface area contributed by atoms with Gasteiger partial charge in [0.2, 0.25) is 10.0 Å². The second kappa shape index (κ2) is 8.10. The highest BCUT2D eigenvalue weighted by Gasteiger charge is 2.28. The van der Waals surface area contributed by atoms with Crippen LogP contribution in [0, 0.1) is 0 Å². The summed E-state index contributed by atoms with van der Waals surface area (Å²) in [6.45, 7) is -0.0253. The molecule has 0 aliphatic carbocycles. The third kappa shape index (κ3) is 3.90. The third-order valence-electron chi connectivity index (χ3n) is 4.72. The van der Waals surface area contributed by atoms with E-state index in [2.05, 4.69) is 5.10 Å². The summed E-state index contributed by atoms with van der Waals surface area (Å²) in [5.74, 6) is -0.434. The lowest BCUT2D eigenvalue weighted by Crippen LogP contribution is -2.26. The predicted octanol–water partition coefficient (Wildman–Crippen LogP) is 4.02. The zero-order valence-corrected chi connectivity index (χ0v) is 17.9. The molecule has 0 spiro atoms. The molecule has 4 rings (SSSR count). The van der Waals surface area contributed by atoms with Crippen molar-refractivity contribution in [2.24, 2.45) is 0 Å². The van der Waals surface area contributed by atoms with Crippen molar-refractivity contribution < 1.29 is 23.0 Å². The van der Waals surface area contributed by atoms with Gasteiger partial charge in [-0.3, -0.25) is 0 Å². The number of halogens is 1. The number of aromatic hydroxyl groups is 2. The maximum atomic E-state index is 13.1. The molecule has 31 heavy (non-hydrogen) atoms. The first-order valence-electron chi connectivity index (χ1n) is 9.13. The van der Waals surface area contributed by atoms with Gasteiger partial charge >= 0.3 is 0 Å². The van der Waals surface area contributed by atoms with Crippen molar-refractivity contribution in [3.05, 3.63) is 77.8 Å². The summed E-state index contributed by atoms with van der Waals surface area (Å²) in [5.41, 5.74) is 1.12. The molecule has 2 aromatic heterocycles. The molecule has 0 saturated carbocycles. The molecule has 0 fully saturated rings. The molecule has 10 heteroatoms. The highest BCUT2D eigenvalue weighted by molar-refractivity contribution is 7.89. The summed E-state index contributed by atoms with van der Waals surface area (Å²) in [4.78, 5) is -0.360. The zero-order chi connectivity index (χ0) is 22.2. The van der Waals surface area contributed by atoms with Crippen molar-refractivity contribution in [3.63, 3.8) is 0 Å². The molecule has 2 aromatic carbocycles. The largest absolute Gasteiger partial charge is 0.507 e. The number of aromatic nitrogens is 2. The van der Waals surface area contributed by atoms with Crippen molar-refractivity contribution in [2.45, 2.75) is 11.4 Å². The average Bonchev–Trinajstić information content (AvgIpc) is 3.40. The van der Waals surface area contributed by atoms with Gasteiger partial charge in [0.05, 0.1) is 35.4 Å². The Hall–Kier alpha value is -3.27. The van der Waals surface area contributed by atoms with Crippen LogP contribution in [0.15, 0.2) is 76.4 Å². The van der Waals surface area contributed by atoms with Crippen molar-refractivity contribution in [3.8, 4) is 28.4 Å². The fraction of sp³-hybridized carbons (Fsp3) is 0.0952. The van der Waals surface area contributed by atoms with Gasteiger partial charge in [0.15, 0.2) is 0 Å². The Morgan fingerprint density at radius 1 is 1.10 bits per heavy atom. The summed E-state index contributed by atoms with van der Waals surface area (Å²) in [7, 11) is -2.73. The Bertz CT molecular complexity index is 1330. The SMILES string of the molecule is CN(Cc1ccco1)S(=O)(=O)c1cc(-c2ccnn2-c2ccccc2Cl)c(O)cc1O.